The van der Waals surface area contributed by atoms with Crippen LogP contribution in [0.1, 0.15) is 12.5 Å². The third-order valence-corrected chi connectivity index (χ3v) is 2.21. The van der Waals surface area contributed by atoms with E-state index in [4.69, 9.17) is 5.73 Å². The Morgan fingerprint density at radius 3 is 2.79 bits per heavy atom. The third kappa shape index (κ3) is 3.00. The minimum atomic E-state index is -0.164. The van der Waals surface area contributed by atoms with Gasteiger partial charge in [0.15, 0.2) is 0 Å². The van der Waals surface area contributed by atoms with Crippen molar-refractivity contribution in [3.8, 4) is 0 Å². The molecule has 0 radical (unpaired) electrons. The van der Waals surface area contributed by atoms with Crippen molar-refractivity contribution < 1.29 is 4.39 Å². The van der Waals surface area contributed by atoms with Crippen molar-refractivity contribution >= 4 is 5.69 Å². The first kappa shape index (κ1) is 11.0. The van der Waals surface area contributed by atoms with Crippen LogP contribution in [-0.2, 0) is 0 Å². The number of nitrogens with one attached hydrogen (secondary N) is 1. The van der Waals surface area contributed by atoms with Crippen molar-refractivity contribution in [2.75, 3.05) is 18.4 Å². The van der Waals surface area contributed by atoms with Crippen molar-refractivity contribution in [2.24, 2.45) is 11.7 Å². The predicted octanol–water partition coefficient (Wildman–Crippen LogP) is 2.14. The van der Waals surface area contributed by atoms with Crippen LogP contribution in [0.25, 0.3) is 0 Å². The molecule has 1 rings (SSSR count). The molecule has 0 heterocycles. The van der Waals surface area contributed by atoms with Gasteiger partial charge in [0.2, 0.25) is 0 Å². The van der Waals surface area contributed by atoms with Gasteiger partial charge >= 0.3 is 0 Å². The molecular weight excluding hydrogens is 179 g/mol. The Morgan fingerprint density at radius 2 is 2.21 bits per heavy atom. The summed E-state index contributed by atoms with van der Waals surface area (Å²) < 4.78 is 12.9. The maximum absolute atomic E-state index is 12.9. The number of nitrogens with two attached hydrogens (primary N) is 1. The maximum atomic E-state index is 12.9. The van der Waals surface area contributed by atoms with E-state index in [-0.39, 0.29) is 5.82 Å². The summed E-state index contributed by atoms with van der Waals surface area (Å²) in [7, 11) is 0. The molecule has 78 valence electrons. The molecule has 0 aliphatic carbocycles. The monoisotopic (exact) mass is 196 g/mol. The minimum absolute atomic E-state index is 0.164. The topological polar surface area (TPSA) is 38.0 Å². The van der Waals surface area contributed by atoms with E-state index < -0.39 is 0 Å². The molecule has 3 heteroatoms. The molecular formula is C11H17FN2. The number of rotatable bonds is 4. The minimum Gasteiger partial charge on any atom is -0.385 e. The Hall–Kier alpha value is -1.09. The SMILES string of the molecule is Cc1cc(NCC(C)CN)ccc1F. The highest BCUT2D eigenvalue weighted by Crippen LogP contribution is 2.13. The summed E-state index contributed by atoms with van der Waals surface area (Å²) in [6.07, 6.45) is 0. The van der Waals surface area contributed by atoms with Gasteiger partial charge in [-0.1, -0.05) is 6.92 Å². The Morgan fingerprint density at radius 1 is 1.50 bits per heavy atom. The largest absolute Gasteiger partial charge is 0.385 e. The fourth-order valence-corrected chi connectivity index (χ4v) is 1.13. The zero-order valence-corrected chi connectivity index (χ0v) is 8.68. The number of aryl methyl sites for hydroxylation is 1. The quantitative estimate of drug-likeness (QED) is 0.774. The first-order chi connectivity index (χ1) is 6.63. The summed E-state index contributed by atoms with van der Waals surface area (Å²) in [6.45, 7) is 5.31. The summed E-state index contributed by atoms with van der Waals surface area (Å²) in [5, 5.41) is 3.22. The van der Waals surface area contributed by atoms with Crippen LogP contribution in [0, 0.1) is 18.7 Å². The summed E-state index contributed by atoms with van der Waals surface area (Å²) in [5.74, 6) is 0.266. The lowest BCUT2D eigenvalue weighted by Crippen LogP contribution is -2.19. The highest BCUT2D eigenvalue weighted by atomic mass is 19.1. The Kier molecular flexibility index (Phi) is 3.89. The molecule has 3 N–H and O–H groups in total. The summed E-state index contributed by atoms with van der Waals surface area (Å²) in [4.78, 5) is 0. The summed E-state index contributed by atoms with van der Waals surface area (Å²) >= 11 is 0. The maximum Gasteiger partial charge on any atom is 0.126 e. The molecule has 0 spiro atoms. The van der Waals surface area contributed by atoms with Gasteiger partial charge in [-0.3, -0.25) is 0 Å². The molecule has 0 saturated carbocycles. The van der Waals surface area contributed by atoms with Gasteiger partial charge in [0, 0.05) is 12.2 Å². The normalized spacial score (nSPS) is 12.6. The number of benzene rings is 1. The van der Waals surface area contributed by atoms with E-state index in [0.717, 1.165) is 12.2 Å². The first-order valence-corrected chi connectivity index (χ1v) is 4.83. The molecule has 0 bridgehead atoms. The number of anilines is 1. The molecule has 0 saturated heterocycles. The standard InChI is InChI=1S/C11H17FN2/c1-8(6-13)7-14-10-3-4-11(12)9(2)5-10/h3-5,8,14H,6-7,13H2,1-2H3. The lowest BCUT2D eigenvalue weighted by molar-refractivity contribution is 0.616. The third-order valence-electron chi connectivity index (χ3n) is 2.21. The van der Waals surface area contributed by atoms with Crippen LogP contribution < -0.4 is 11.1 Å². The van der Waals surface area contributed by atoms with Crippen LogP contribution in [0.4, 0.5) is 10.1 Å². The second-order valence-electron chi connectivity index (χ2n) is 3.69. The smallest absolute Gasteiger partial charge is 0.126 e. The molecule has 0 aromatic heterocycles. The molecule has 0 aliphatic rings. The predicted molar refractivity (Wildman–Crippen MR) is 57.8 cm³/mol. The Bertz CT molecular complexity index is 299. The zero-order valence-electron chi connectivity index (χ0n) is 8.68. The van der Waals surface area contributed by atoms with Gasteiger partial charge in [-0.15, -0.1) is 0 Å². The van der Waals surface area contributed by atoms with Gasteiger partial charge in [0.1, 0.15) is 5.82 Å². The fraction of sp³-hybridized carbons (Fsp3) is 0.455. The molecule has 14 heavy (non-hydrogen) atoms. The van der Waals surface area contributed by atoms with Gasteiger partial charge in [-0.05, 0) is 43.1 Å². The van der Waals surface area contributed by atoms with E-state index in [1.54, 1.807) is 19.1 Å². The fourth-order valence-electron chi connectivity index (χ4n) is 1.13. The van der Waals surface area contributed by atoms with E-state index in [9.17, 15) is 4.39 Å². The number of hydrogen-bond donors (Lipinski definition) is 2. The van der Waals surface area contributed by atoms with Crippen molar-refractivity contribution in [3.05, 3.63) is 29.6 Å². The van der Waals surface area contributed by atoms with Gasteiger partial charge in [-0.25, -0.2) is 4.39 Å². The van der Waals surface area contributed by atoms with Crippen molar-refractivity contribution in [3.63, 3.8) is 0 Å². The van der Waals surface area contributed by atoms with Crippen molar-refractivity contribution in [1.29, 1.82) is 0 Å². The van der Waals surface area contributed by atoms with E-state index in [1.165, 1.54) is 6.07 Å². The van der Waals surface area contributed by atoms with Crippen LogP contribution in [0.2, 0.25) is 0 Å². The first-order valence-electron chi connectivity index (χ1n) is 4.83. The summed E-state index contributed by atoms with van der Waals surface area (Å²) in [6, 6.07) is 5.02. The lowest BCUT2D eigenvalue weighted by atomic mass is 10.1. The molecule has 0 aliphatic heterocycles. The van der Waals surface area contributed by atoms with Crippen LogP contribution in [0.5, 0.6) is 0 Å². The van der Waals surface area contributed by atoms with Crippen molar-refractivity contribution in [1.82, 2.24) is 0 Å². The molecule has 1 unspecified atom stereocenters. The highest BCUT2D eigenvalue weighted by Gasteiger charge is 2.01. The van der Waals surface area contributed by atoms with Crippen LogP contribution in [0.3, 0.4) is 0 Å². The van der Waals surface area contributed by atoms with Crippen LogP contribution in [-0.4, -0.2) is 13.1 Å². The zero-order chi connectivity index (χ0) is 10.6. The highest BCUT2D eigenvalue weighted by molar-refractivity contribution is 5.45. The van der Waals surface area contributed by atoms with Gasteiger partial charge < -0.3 is 11.1 Å². The van der Waals surface area contributed by atoms with Crippen molar-refractivity contribution in [2.45, 2.75) is 13.8 Å². The van der Waals surface area contributed by atoms with Gasteiger partial charge in [-0.2, -0.15) is 0 Å². The van der Waals surface area contributed by atoms with Gasteiger partial charge in [0.25, 0.3) is 0 Å². The van der Waals surface area contributed by atoms with Gasteiger partial charge in [0.05, 0.1) is 0 Å². The van der Waals surface area contributed by atoms with Crippen LogP contribution in [0.15, 0.2) is 18.2 Å². The molecule has 1 atom stereocenters. The van der Waals surface area contributed by atoms with E-state index >= 15 is 0 Å². The summed E-state index contributed by atoms with van der Waals surface area (Å²) in [5.41, 5.74) is 7.10. The Labute approximate surface area is 84.3 Å². The second-order valence-corrected chi connectivity index (χ2v) is 3.69. The van der Waals surface area contributed by atoms with Crippen LogP contribution >= 0.6 is 0 Å². The molecule has 0 amide bonds. The number of hydrogen-bond acceptors (Lipinski definition) is 2. The molecule has 0 fully saturated rings. The molecule has 2 nitrogen and oxygen atoms in total. The molecule has 1 aromatic carbocycles. The number of halogens is 1. The second kappa shape index (κ2) is 4.96. The van der Waals surface area contributed by atoms with E-state index in [0.29, 0.717) is 18.0 Å². The van der Waals surface area contributed by atoms with E-state index in [1.807, 2.05) is 0 Å². The average molecular weight is 196 g/mol. The Balaban J connectivity index is 2.55. The van der Waals surface area contributed by atoms with E-state index in [2.05, 4.69) is 12.2 Å². The lowest BCUT2D eigenvalue weighted by Gasteiger charge is -2.11. The average Bonchev–Trinajstić information content (AvgIpc) is 2.19. The molecule has 1 aromatic rings.